The number of carbonyl (C=O) groups is 1. The van der Waals surface area contributed by atoms with Gasteiger partial charge in [0.15, 0.2) is 5.03 Å². The van der Waals surface area contributed by atoms with Gasteiger partial charge in [-0.2, -0.15) is 9.78 Å². The fourth-order valence-corrected chi connectivity index (χ4v) is 3.75. The highest BCUT2D eigenvalue weighted by Gasteiger charge is 2.31. The minimum atomic E-state index is -4.60. The van der Waals surface area contributed by atoms with Crippen molar-refractivity contribution >= 4 is 15.9 Å². The number of sulfone groups is 1. The average molecular weight is 387 g/mol. The van der Waals surface area contributed by atoms with E-state index in [2.05, 4.69) is 5.10 Å². The summed E-state index contributed by atoms with van der Waals surface area (Å²) in [4.78, 5) is 12.9. The van der Waals surface area contributed by atoms with Gasteiger partial charge in [-0.25, -0.2) is 22.0 Å². The summed E-state index contributed by atoms with van der Waals surface area (Å²) in [5, 5.41) is 3.17. The molecule has 0 saturated carbocycles. The smallest absolute Gasteiger partial charge is 0.345 e. The molecule has 0 aliphatic rings. The molecule has 0 unspecified atom stereocenters. The zero-order valence-electron chi connectivity index (χ0n) is 14.6. The monoisotopic (exact) mass is 387 g/mol. The average Bonchev–Trinajstić information content (AvgIpc) is 3.00. The van der Waals surface area contributed by atoms with Crippen molar-refractivity contribution in [3.05, 3.63) is 41.6 Å². The Kier molecular flexibility index (Phi) is 6.09. The van der Waals surface area contributed by atoms with E-state index in [0.717, 1.165) is 28.9 Å². The van der Waals surface area contributed by atoms with Crippen LogP contribution in [0.5, 0.6) is 0 Å². The van der Waals surface area contributed by atoms with Crippen LogP contribution in [-0.4, -0.2) is 49.3 Å². The first-order valence-corrected chi connectivity index (χ1v) is 9.32. The van der Waals surface area contributed by atoms with E-state index in [0.29, 0.717) is 13.1 Å². The molecule has 0 aliphatic carbocycles. The largest absolute Gasteiger partial charge is 0.378 e. The second-order valence-electron chi connectivity index (χ2n) is 5.33. The quantitative estimate of drug-likeness (QED) is 0.761. The van der Waals surface area contributed by atoms with Crippen LogP contribution in [0, 0.1) is 11.6 Å². The molecule has 0 aliphatic heterocycles. The molecule has 0 atom stereocenters. The van der Waals surface area contributed by atoms with E-state index in [9.17, 15) is 22.0 Å². The second kappa shape index (κ2) is 7.92. The summed E-state index contributed by atoms with van der Waals surface area (Å²) < 4.78 is 59.0. The fourth-order valence-electron chi connectivity index (χ4n) is 2.41. The first-order valence-electron chi connectivity index (χ1n) is 7.84. The third-order valence-corrected chi connectivity index (χ3v) is 5.41. The van der Waals surface area contributed by atoms with Gasteiger partial charge in [-0.05, 0) is 26.0 Å². The zero-order valence-corrected chi connectivity index (χ0v) is 15.4. The Morgan fingerprint density at radius 3 is 2.31 bits per heavy atom. The number of methoxy groups -OCH3 is 1. The molecule has 0 bridgehead atoms. The fraction of sp³-hybridized carbons (Fsp3) is 0.375. The molecule has 1 amide bonds. The highest BCUT2D eigenvalue weighted by molar-refractivity contribution is 7.91. The number of benzene rings is 1. The predicted molar refractivity (Wildman–Crippen MR) is 88.5 cm³/mol. The van der Waals surface area contributed by atoms with Gasteiger partial charge in [-0.3, -0.25) is 0 Å². The van der Waals surface area contributed by atoms with E-state index in [4.69, 9.17) is 4.74 Å². The molecular weight excluding hydrogens is 368 g/mol. The van der Waals surface area contributed by atoms with Crippen molar-refractivity contribution in [2.45, 2.75) is 30.4 Å². The summed E-state index contributed by atoms with van der Waals surface area (Å²) in [5.74, 6) is -2.47. The van der Waals surface area contributed by atoms with Crippen LogP contribution >= 0.6 is 0 Å². The molecule has 0 spiro atoms. The lowest BCUT2D eigenvalue weighted by molar-refractivity contribution is 0.170. The Morgan fingerprint density at radius 2 is 1.81 bits per heavy atom. The standard InChI is InChI=1S/C16H19F2N3O4S/c1-4-20(5-2)16(22)21-11(10-25-3)9-14(19-21)26(23,24)15-12(17)7-6-8-13(15)18/h6-9H,4-5,10H2,1-3H3. The molecule has 1 aromatic carbocycles. The SMILES string of the molecule is CCN(CC)C(=O)n1nc(S(=O)(=O)c2c(F)cccc2F)cc1COC. The summed E-state index contributed by atoms with van der Waals surface area (Å²) in [5.41, 5.74) is 0.153. The van der Waals surface area contributed by atoms with Gasteiger partial charge in [0.05, 0.1) is 12.3 Å². The van der Waals surface area contributed by atoms with Gasteiger partial charge >= 0.3 is 6.03 Å². The molecule has 26 heavy (non-hydrogen) atoms. The van der Waals surface area contributed by atoms with E-state index < -0.39 is 37.4 Å². The number of hydrogen-bond donors (Lipinski definition) is 0. The van der Waals surface area contributed by atoms with Gasteiger partial charge in [0.2, 0.25) is 9.84 Å². The maximum absolute atomic E-state index is 13.9. The molecule has 142 valence electrons. The van der Waals surface area contributed by atoms with E-state index in [1.165, 1.54) is 12.0 Å². The summed E-state index contributed by atoms with van der Waals surface area (Å²) >= 11 is 0. The number of carbonyl (C=O) groups excluding carboxylic acids is 1. The number of rotatable bonds is 6. The first kappa shape index (κ1) is 20.0. The van der Waals surface area contributed by atoms with E-state index in [-0.39, 0.29) is 12.3 Å². The summed E-state index contributed by atoms with van der Waals surface area (Å²) in [7, 11) is -3.24. The third-order valence-electron chi connectivity index (χ3n) is 3.73. The lowest BCUT2D eigenvalue weighted by Gasteiger charge is -2.19. The van der Waals surface area contributed by atoms with Gasteiger partial charge in [-0.1, -0.05) is 6.07 Å². The molecule has 1 aromatic heterocycles. The van der Waals surface area contributed by atoms with Gasteiger partial charge < -0.3 is 9.64 Å². The van der Waals surface area contributed by atoms with E-state index >= 15 is 0 Å². The Labute approximate surface area is 150 Å². The van der Waals surface area contributed by atoms with Crippen molar-refractivity contribution in [3.63, 3.8) is 0 Å². The van der Waals surface area contributed by atoms with Crippen molar-refractivity contribution in [1.82, 2.24) is 14.7 Å². The van der Waals surface area contributed by atoms with Gasteiger partial charge in [0.1, 0.15) is 16.5 Å². The van der Waals surface area contributed by atoms with Crippen LogP contribution in [0.15, 0.2) is 34.2 Å². The van der Waals surface area contributed by atoms with Gasteiger partial charge in [0.25, 0.3) is 0 Å². The summed E-state index contributed by atoms with van der Waals surface area (Å²) in [6, 6.07) is 3.25. The van der Waals surface area contributed by atoms with Crippen LogP contribution in [0.25, 0.3) is 0 Å². The van der Waals surface area contributed by atoms with Gasteiger partial charge in [0, 0.05) is 26.3 Å². The molecule has 0 saturated heterocycles. The molecule has 10 heteroatoms. The van der Waals surface area contributed by atoms with Crippen LogP contribution in [0.2, 0.25) is 0 Å². The van der Waals surface area contributed by atoms with Crippen LogP contribution in [0.4, 0.5) is 13.6 Å². The molecule has 0 fully saturated rings. The lowest BCUT2D eigenvalue weighted by Crippen LogP contribution is -2.36. The highest BCUT2D eigenvalue weighted by atomic mass is 32.2. The Hall–Kier alpha value is -2.33. The third kappa shape index (κ3) is 3.61. The maximum atomic E-state index is 13.9. The second-order valence-corrected chi connectivity index (χ2v) is 7.16. The number of hydrogen-bond acceptors (Lipinski definition) is 5. The predicted octanol–water partition coefficient (Wildman–Crippen LogP) is 2.45. The van der Waals surface area contributed by atoms with Gasteiger partial charge in [-0.15, -0.1) is 0 Å². The number of aromatic nitrogens is 2. The number of amides is 1. The van der Waals surface area contributed by atoms with Crippen LogP contribution < -0.4 is 0 Å². The van der Waals surface area contributed by atoms with Crippen LogP contribution in [0.3, 0.4) is 0 Å². The zero-order chi connectivity index (χ0) is 19.5. The highest BCUT2D eigenvalue weighted by Crippen LogP contribution is 2.26. The Bertz CT molecular complexity index is 888. The molecular formula is C16H19F2N3O4S. The first-order chi connectivity index (χ1) is 12.3. The number of ether oxygens (including phenoxy) is 1. The molecule has 0 radical (unpaired) electrons. The van der Waals surface area contributed by atoms with E-state index in [1.807, 2.05) is 0 Å². The van der Waals surface area contributed by atoms with Crippen LogP contribution in [-0.2, 0) is 21.2 Å². The maximum Gasteiger partial charge on any atom is 0.345 e. The van der Waals surface area contributed by atoms with Crippen molar-refractivity contribution in [1.29, 1.82) is 0 Å². The molecule has 7 nitrogen and oxygen atoms in total. The molecule has 0 N–H and O–H groups in total. The molecule has 2 aromatic rings. The van der Waals surface area contributed by atoms with E-state index in [1.54, 1.807) is 13.8 Å². The Morgan fingerprint density at radius 1 is 1.23 bits per heavy atom. The summed E-state index contributed by atoms with van der Waals surface area (Å²) in [6.07, 6.45) is 0. The molecule has 1 heterocycles. The number of halogens is 2. The van der Waals surface area contributed by atoms with Crippen LogP contribution in [0.1, 0.15) is 19.5 Å². The summed E-state index contributed by atoms with van der Waals surface area (Å²) in [6.45, 7) is 4.17. The number of nitrogens with zero attached hydrogens (tertiary/aromatic N) is 3. The lowest BCUT2D eigenvalue weighted by atomic mass is 10.3. The Balaban J connectivity index is 2.61. The van der Waals surface area contributed by atoms with Crippen molar-refractivity contribution in [3.8, 4) is 0 Å². The minimum Gasteiger partial charge on any atom is -0.378 e. The van der Waals surface area contributed by atoms with Crippen molar-refractivity contribution in [2.24, 2.45) is 0 Å². The topological polar surface area (TPSA) is 81.5 Å². The van der Waals surface area contributed by atoms with Crippen molar-refractivity contribution in [2.75, 3.05) is 20.2 Å². The molecule has 2 rings (SSSR count). The van der Waals surface area contributed by atoms with Crippen molar-refractivity contribution < 1.29 is 26.7 Å². The normalized spacial score (nSPS) is 11.6. The minimum absolute atomic E-state index is 0.102.